The first-order valence-electron chi connectivity index (χ1n) is 5.45. The maximum absolute atomic E-state index is 12.4. The summed E-state index contributed by atoms with van der Waals surface area (Å²) < 4.78 is 1.73. The van der Waals surface area contributed by atoms with Gasteiger partial charge in [0.2, 0.25) is 0 Å². The molecule has 1 fully saturated rings. The molecule has 0 bridgehead atoms. The number of hydrogen-bond acceptors (Lipinski definition) is 1. The molecule has 1 aliphatic rings. The van der Waals surface area contributed by atoms with Crippen LogP contribution in [-0.4, -0.2) is 29.3 Å². The number of carbonyl (C=O) groups excluding carboxylic acids is 1. The summed E-state index contributed by atoms with van der Waals surface area (Å²) >= 11 is 12.6. The predicted octanol–water partition coefficient (Wildman–Crippen LogP) is 4.06. The van der Waals surface area contributed by atoms with Gasteiger partial charge in [0.25, 0.3) is 5.91 Å². The Kier molecular flexibility index (Phi) is 4.50. The SMILES string of the molecule is O=C(c1cc(Br)ccc1Br)N(CCCl)C1CC1. The fourth-order valence-corrected chi connectivity index (χ4v) is 2.70. The molecule has 1 saturated carbocycles. The fourth-order valence-electron chi connectivity index (χ4n) is 1.74. The maximum atomic E-state index is 12.4. The molecule has 2 nitrogen and oxygen atoms in total. The largest absolute Gasteiger partial charge is 0.334 e. The van der Waals surface area contributed by atoms with Gasteiger partial charge in [0.1, 0.15) is 0 Å². The van der Waals surface area contributed by atoms with E-state index in [1.807, 2.05) is 23.1 Å². The van der Waals surface area contributed by atoms with Gasteiger partial charge in [0, 0.05) is 27.4 Å². The number of rotatable bonds is 4. The zero-order chi connectivity index (χ0) is 12.4. The van der Waals surface area contributed by atoms with E-state index in [2.05, 4.69) is 31.9 Å². The summed E-state index contributed by atoms with van der Waals surface area (Å²) in [7, 11) is 0. The second-order valence-corrected chi connectivity index (χ2v) is 6.19. The van der Waals surface area contributed by atoms with Crippen molar-refractivity contribution < 1.29 is 4.79 Å². The monoisotopic (exact) mass is 379 g/mol. The van der Waals surface area contributed by atoms with E-state index in [0.29, 0.717) is 24.0 Å². The van der Waals surface area contributed by atoms with Crippen molar-refractivity contribution in [3.05, 3.63) is 32.7 Å². The van der Waals surface area contributed by atoms with Gasteiger partial charge >= 0.3 is 0 Å². The van der Waals surface area contributed by atoms with Gasteiger partial charge in [-0.15, -0.1) is 11.6 Å². The maximum Gasteiger partial charge on any atom is 0.255 e. The van der Waals surface area contributed by atoms with Crippen LogP contribution < -0.4 is 0 Å². The third kappa shape index (κ3) is 3.24. The van der Waals surface area contributed by atoms with Crippen molar-refractivity contribution in [2.75, 3.05) is 12.4 Å². The molecule has 0 saturated heterocycles. The van der Waals surface area contributed by atoms with Crippen LogP contribution in [0.4, 0.5) is 0 Å². The lowest BCUT2D eigenvalue weighted by Crippen LogP contribution is -2.35. The number of halogens is 3. The van der Waals surface area contributed by atoms with Gasteiger partial charge in [-0.05, 0) is 47.0 Å². The van der Waals surface area contributed by atoms with Crippen LogP contribution in [0.1, 0.15) is 23.2 Å². The third-order valence-corrected chi connectivity index (χ3v) is 4.09. The fraction of sp³-hybridized carbons (Fsp3) is 0.417. The van der Waals surface area contributed by atoms with E-state index in [9.17, 15) is 4.79 Å². The van der Waals surface area contributed by atoms with Crippen molar-refractivity contribution >= 4 is 49.4 Å². The van der Waals surface area contributed by atoms with Crippen LogP contribution >= 0.6 is 43.5 Å². The zero-order valence-corrected chi connectivity index (χ0v) is 13.1. The summed E-state index contributed by atoms with van der Waals surface area (Å²) in [6.07, 6.45) is 2.18. The molecular formula is C12H12Br2ClNO. The van der Waals surface area contributed by atoms with Gasteiger partial charge < -0.3 is 4.90 Å². The smallest absolute Gasteiger partial charge is 0.255 e. The van der Waals surface area contributed by atoms with Gasteiger partial charge in [-0.1, -0.05) is 15.9 Å². The molecule has 0 aliphatic heterocycles. The molecule has 17 heavy (non-hydrogen) atoms. The van der Waals surface area contributed by atoms with Crippen LogP contribution in [0.5, 0.6) is 0 Å². The van der Waals surface area contributed by atoms with Crippen molar-refractivity contribution in [3.63, 3.8) is 0 Å². The Labute approximate surface area is 123 Å². The van der Waals surface area contributed by atoms with E-state index >= 15 is 0 Å². The van der Waals surface area contributed by atoms with E-state index in [0.717, 1.165) is 21.8 Å². The molecule has 1 aliphatic carbocycles. The highest BCUT2D eigenvalue weighted by Crippen LogP contribution is 2.30. The Bertz CT molecular complexity index is 435. The van der Waals surface area contributed by atoms with Crippen molar-refractivity contribution in [1.82, 2.24) is 4.90 Å². The van der Waals surface area contributed by atoms with Crippen LogP contribution in [0.15, 0.2) is 27.1 Å². The van der Waals surface area contributed by atoms with Crippen LogP contribution in [0.3, 0.4) is 0 Å². The van der Waals surface area contributed by atoms with Crippen LogP contribution in [-0.2, 0) is 0 Å². The minimum Gasteiger partial charge on any atom is -0.334 e. The summed E-state index contributed by atoms with van der Waals surface area (Å²) in [5.41, 5.74) is 0.691. The number of nitrogens with zero attached hydrogens (tertiary/aromatic N) is 1. The molecule has 0 radical (unpaired) electrons. The molecule has 0 atom stereocenters. The summed E-state index contributed by atoms with van der Waals surface area (Å²) in [6.45, 7) is 0.615. The van der Waals surface area contributed by atoms with Crippen molar-refractivity contribution in [2.45, 2.75) is 18.9 Å². The zero-order valence-electron chi connectivity index (χ0n) is 9.13. The Morgan fingerprint density at radius 2 is 2.12 bits per heavy atom. The number of benzene rings is 1. The lowest BCUT2D eigenvalue weighted by atomic mass is 10.2. The topological polar surface area (TPSA) is 20.3 Å². The Hall–Kier alpha value is -0.0600. The normalized spacial score (nSPS) is 14.8. The lowest BCUT2D eigenvalue weighted by Gasteiger charge is -2.22. The van der Waals surface area contributed by atoms with Crippen LogP contribution in [0.2, 0.25) is 0 Å². The molecule has 0 N–H and O–H groups in total. The van der Waals surface area contributed by atoms with Crippen LogP contribution in [0.25, 0.3) is 0 Å². The lowest BCUT2D eigenvalue weighted by molar-refractivity contribution is 0.0752. The summed E-state index contributed by atoms with van der Waals surface area (Å²) in [5.74, 6) is 0.537. The average Bonchev–Trinajstić information content (AvgIpc) is 3.12. The molecule has 2 rings (SSSR count). The second kappa shape index (κ2) is 5.72. The van der Waals surface area contributed by atoms with Crippen LogP contribution in [0, 0.1) is 0 Å². The van der Waals surface area contributed by atoms with E-state index in [1.54, 1.807) is 0 Å². The third-order valence-electron chi connectivity index (χ3n) is 2.73. The summed E-state index contributed by atoms with van der Waals surface area (Å²) in [5, 5.41) is 0. The van der Waals surface area contributed by atoms with E-state index in [4.69, 9.17) is 11.6 Å². The summed E-state index contributed by atoms with van der Waals surface area (Å²) in [4.78, 5) is 14.3. The molecule has 1 amide bonds. The Balaban J connectivity index is 2.24. The minimum absolute atomic E-state index is 0.0568. The molecule has 0 unspecified atom stereocenters. The highest BCUT2D eigenvalue weighted by molar-refractivity contribution is 9.11. The van der Waals surface area contributed by atoms with Gasteiger partial charge in [0.15, 0.2) is 0 Å². The van der Waals surface area contributed by atoms with Crippen molar-refractivity contribution in [2.24, 2.45) is 0 Å². The first-order chi connectivity index (χ1) is 8.13. The molecule has 0 heterocycles. The highest BCUT2D eigenvalue weighted by Gasteiger charge is 2.33. The van der Waals surface area contributed by atoms with Crippen molar-refractivity contribution in [1.29, 1.82) is 0 Å². The van der Waals surface area contributed by atoms with E-state index < -0.39 is 0 Å². The van der Waals surface area contributed by atoms with E-state index in [-0.39, 0.29) is 5.91 Å². The quantitative estimate of drug-likeness (QED) is 0.721. The standard InChI is InChI=1S/C12H12Br2ClNO/c13-8-1-4-11(14)10(7-8)12(17)16(6-5-15)9-2-3-9/h1,4,7,9H,2-3,5-6H2. The molecule has 1 aromatic carbocycles. The average molecular weight is 381 g/mol. The predicted molar refractivity (Wildman–Crippen MR) is 76.6 cm³/mol. The number of carbonyl (C=O) groups is 1. The first kappa shape index (κ1) is 13.4. The number of alkyl halides is 1. The Morgan fingerprint density at radius 1 is 1.41 bits per heavy atom. The second-order valence-electron chi connectivity index (χ2n) is 4.04. The number of hydrogen-bond donors (Lipinski definition) is 0. The molecular weight excluding hydrogens is 369 g/mol. The van der Waals surface area contributed by atoms with Gasteiger partial charge in [-0.3, -0.25) is 4.79 Å². The molecule has 1 aromatic rings. The number of amides is 1. The van der Waals surface area contributed by atoms with Crippen molar-refractivity contribution in [3.8, 4) is 0 Å². The molecule has 0 aromatic heterocycles. The molecule has 92 valence electrons. The Morgan fingerprint density at radius 3 is 2.71 bits per heavy atom. The van der Waals surface area contributed by atoms with Gasteiger partial charge in [-0.2, -0.15) is 0 Å². The summed E-state index contributed by atoms with van der Waals surface area (Å²) in [6, 6.07) is 6.01. The van der Waals surface area contributed by atoms with Gasteiger partial charge in [0.05, 0.1) is 5.56 Å². The van der Waals surface area contributed by atoms with Gasteiger partial charge in [-0.25, -0.2) is 0 Å². The highest BCUT2D eigenvalue weighted by atomic mass is 79.9. The molecule has 0 spiro atoms. The first-order valence-corrected chi connectivity index (χ1v) is 7.57. The minimum atomic E-state index is 0.0568. The van der Waals surface area contributed by atoms with E-state index in [1.165, 1.54) is 0 Å². The molecule has 5 heteroatoms.